The quantitative estimate of drug-likeness (QED) is 0.789. The topological polar surface area (TPSA) is 21.3 Å². The van der Waals surface area contributed by atoms with Gasteiger partial charge in [0.25, 0.3) is 0 Å². The van der Waals surface area contributed by atoms with E-state index in [1.807, 2.05) is 36.4 Å². The smallest absolute Gasteiger partial charge is 0.123 e. The SMILES string of the molecule is COc1ccc(Br)cc1CNc1ccc(CCl)cc1. The molecule has 0 aliphatic heterocycles. The third kappa shape index (κ3) is 3.88. The Morgan fingerprint density at radius 3 is 2.53 bits per heavy atom. The average molecular weight is 341 g/mol. The first-order chi connectivity index (χ1) is 9.22. The fraction of sp³-hybridized carbons (Fsp3) is 0.200. The Labute approximate surface area is 126 Å². The van der Waals surface area contributed by atoms with Crippen molar-refractivity contribution in [3.05, 3.63) is 58.1 Å². The van der Waals surface area contributed by atoms with Gasteiger partial charge in [-0.15, -0.1) is 11.6 Å². The molecule has 4 heteroatoms. The third-order valence-corrected chi connectivity index (χ3v) is 3.64. The molecule has 2 aromatic rings. The van der Waals surface area contributed by atoms with Gasteiger partial charge in [0.15, 0.2) is 0 Å². The average Bonchev–Trinajstić information content (AvgIpc) is 2.46. The molecule has 0 aromatic heterocycles. The van der Waals surface area contributed by atoms with Crippen LogP contribution in [0.3, 0.4) is 0 Å². The molecule has 100 valence electrons. The standard InChI is InChI=1S/C15H15BrClNO/c1-19-15-7-4-13(16)8-12(15)10-18-14-5-2-11(9-17)3-6-14/h2-8,18H,9-10H2,1H3. The van der Waals surface area contributed by atoms with Crippen LogP contribution >= 0.6 is 27.5 Å². The highest BCUT2D eigenvalue weighted by molar-refractivity contribution is 9.10. The maximum absolute atomic E-state index is 5.77. The summed E-state index contributed by atoms with van der Waals surface area (Å²) >= 11 is 9.24. The predicted octanol–water partition coefficient (Wildman–Crippen LogP) is 4.81. The molecular formula is C15H15BrClNO. The zero-order valence-corrected chi connectivity index (χ0v) is 13.0. The minimum atomic E-state index is 0.541. The van der Waals surface area contributed by atoms with Crippen LogP contribution in [0.2, 0.25) is 0 Å². The molecule has 0 amide bonds. The van der Waals surface area contributed by atoms with Crippen molar-refractivity contribution in [2.45, 2.75) is 12.4 Å². The Morgan fingerprint density at radius 2 is 1.89 bits per heavy atom. The highest BCUT2D eigenvalue weighted by Crippen LogP contribution is 2.24. The molecule has 2 rings (SSSR count). The van der Waals surface area contributed by atoms with Gasteiger partial charge in [0.1, 0.15) is 5.75 Å². The molecule has 0 atom stereocenters. The Balaban J connectivity index is 2.07. The predicted molar refractivity (Wildman–Crippen MR) is 84.0 cm³/mol. The summed E-state index contributed by atoms with van der Waals surface area (Å²) in [5.74, 6) is 1.42. The van der Waals surface area contributed by atoms with E-state index in [9.17, 15) is 0 Å². The van der Waals surface area contributed by atoms with Crippen molar-refractivity contribution >= 4 is 33.2 Å². The lowest BCUT2D eigenvalue weighted by atomic mass is 10.2. The molecule has 0 saturated heterocycles. The van der Waals surface area contributed by atoms with Gasteiger partial charge < -0.3 is 10.1 Å². The summed E-state index contributed by atoms with van der Waals surface area (Å²) < 4.78 is 6.39. The van der Waals surface area contributed by atoms with E-state index >= 15 is 0 Å². The van der Waals surface area contributed by atoms with Crippen molar-refractivity contribution in [1.82, 2.24) is 0 Å². The van der Waals surface area contributed by atoms with Gasteiger partial charge in [-0.3, -0.25) is 0 Å². The molecule has 0 heterocycles. The van der Waals surface area contributed by atoms with Crippen molar-refractivity contribution < 1.29 is 4.74 Å². The van der Waals surface area contributed by atoms with Gasteiger partial charge in [0.05, 0.1) is 7.11 Å². The Kier molecular flexibility index (Phi) is 5.11. The number of nitrogens with one attached hydrogen (secondary N) is 1. The molecule has 0 aliphatic rings. The van der Waals surface area contributed by atoms with E-state index in [2.05, 4.69) is 27.3 Å². The van der Waals surface area contributed by atoms with E-state index in [4.69, 9.17) is 16.3 Å². The molecule has 19 heavy (non-hydrogen) atoms. The number of anilines is 1. The van der Waals surface area contributed by atoms with Crippen LogP contribution in [0.4, 0.5) is 5.69 Å². The minimum Gasteiger partial charge on any atom is -0.496 e. The fourth-order valence-corrected chi connectivity index (χ4v) is 2.38. The van der Waals surface area contributed by atoms with Gasteiger partial charge in [0.2, 0.25) is 0 Å². The first-order valence-corrected chi connectivity index (χ1v) is 7.27. The lowest BCUT2D eigenvalue weighted by Gasteiger charge is -2.11. The second kappa shape index (κ2) is 6.83. The van der Waals surface area contributed by atoms with Gasteiger partial charge >= 0.3 is 0 Å². The molecule has 0 saturated carbocycles. The normalized spacial score (nSPS) is 10.3. The lowest BCUT2D eigenvalue weighted by Crippen LogP contribution is -2.01. The summed E-state index contributed by atoms with van der Waals surface area (Å²) in [7, 11) is 1.68. The van der Waals surface area contributed by atoms with Crippen LogP contribution in [-0.4, -0.2) is 7.11 Å². The van der Waals surface area contributed by atoms with E-state index < -0.39 is 0 Å². The van der Waals surface area contributed by atoms with E-state index in [-0.39, 0.29) is 0 Å². The number of alkyl halides is 1. The van der Waals surface area contributed by atoms with E-state index in [1.165, 1.54) is 0 Å². The zero-order valence-electron chi connectivity index (χ0n) is 10.6. The second-order valence-electron chi connectivity index (χ2n) is 4.14. The van der Waals surface area contributed by atoms with Crippen molar-refractivity contribution in [3.8, 4) is 5.75 Å². The lowest BCUT2D eigenvalue weighted by molar-refractivity contribution is 0.410. The van der Waals surface area contributed by atoms with Crippen molar-refractivity contribution in [1.29, 1.82) is 0 Å². The van der Waals surface area contributed by atoms with Crippen LogP contribution in [0.1, 0.15) is 11.1 Å². The number of halogens is 2. The minimum absolute atomic E-state index is 0.541. The maximum atomic E-state index is 5.77. The summed E-state index contributed by atoms with van der Waals surface area (Å²) in [6.07, 6.45) is 0. The van der Waals surface area contributed by atoms with E-state index in [1.54, 1.807) is 7.11 Å². The summed E-state index contributed by atoms with van der Waals surface area (Å²) in [5.41, 5.74) is 3.29. The van der Waals surface area contributed by atoms with Crippen LogP contribution in [0.25, 0.3) is 0 Å². The molecule has 1 N–H and O–H groups in total. The third-order valence-electron chi connectivity index (χ3n) is 2.83. The molecule has 0 fully saturated rings. The van der Waals surface area contributed by atoms with Crippen LogP contribution in [0.15, 0.2) is 46.9 Å². The van der Waals surface area contributed by atoms with Gasteiger partial charge in [-0.2, -0.15) is 0 Å². The molecule has 0 radical (unpaired) electrons. The van der Waals surface area contributed by atoms with Gasteiger partial charge in [0, 0.05) is 28.1 Å². The number of rotatable bonds is 5. The number of ether oxygens (including phenoxy) is 1. The molecule has 0 spiro atoms. The second-order valence-corrected chi connectivity index (χ2v) is 5.32. The Hall–Kier alpha value is -1.19. The molecule has 2 nitrogen and oxygen atoms in total. The molecular weight excluding hydrogens is 326 g/mol. The maximum Gasteiger partial charge on any atom is 0.123 e. The van der Waals surface area contributed by atoms with Crippen LogP contribution in [-0.2, 0) is 12.4 Å². The summed E-state index contributed by atoms with van der Waals surface area (Å²) in [6, 6.07) is 14.1. The van der Waals surface area contributed by atoms with E-state index in [0.717, 1.165) is 27.0 Å². The molecule has 0 bridgehead atoms. The summed E-state index contributed by atoms with van der Waals surface area (Å²) in [6.45, 7) is 0.711. The Morgan fingerprint density at radius 1 is 1.16 bits per heavy atom. The van der Waals surface area contributed by atoms with Crippen LogP contribution in [0, 0.1) is 0 Å². The Bertz CT molecular complexity index is 542. The molecule has 0 unspecified atom stereocenters. The van der Waals surface area contributed by atoms with Crippen LogP contribution < -0.4 is 10.1 Å². The first-order valence-electron chi connectivity index (χ1n) is 5.94. The number of hydrogen-bond acceptors (Lipinski definition) is 2. The van der Waals surface area contributed by atoms with Crippen LogP contribution in [0.5, 0.6) is 5.75 Å². The number of hydrogen-bond donors (Lipinski definition) is 1. The van der Waals surface area contributed by atoms with Gasteiger partial charge in [-0.05, 0) is 35.9 Å². The van der Waals surface area contributed by atoms with Gasteiger partial charge in [-0.25, -0.2) is 0 Å². The largest absolute Gasteiger partial charge is 0.496 e. The summed E-state index contributed by atoms with van der Waals surface area (Å²) in [4.78, 5) is 0. The monoisotopic (exact) mass is 339 g/mol. The zero-order chi connectivity index (χ0) is 13.7. The van der Waals surface area contributed by atoms with Crippen molar-refractivity contribution in [3.63, 3.8) is 0 Å². The molecule has 2 aromatic carbocycles. The molecule has 0 aliphatic carbocycles. The first kappa shape index (κ1) is 14.2. The highest BCUT2D eigenvalue weighted by Gasteiger charge is 2.03. The van der Waals surface area contributed by atoms with Crippen molar-refractivity contribution in [2.24, 2.45) is 0 Å². The fourth-order valence-electron chi connectivity index (χ4n) is 1.79. The van der Waals surface area contributed by atoms with Gasteiger partial charge in [-0.1, -0.05) is 28.1 Å². The summed E-state index contributed by atoms with van der Waals surface area (Å²) in [5, 5.41) is 3.37. The van der Waals surface area contributed by atoms with E-state index in [0.29, 0.717) is 12.4 Å². The number of methoxy groups -OCH3 is 1. The number of benzene rings is 2. The highest BCUT2D eigenvalue weighted by atomic mass is 79.9. The van der Waals surface area contributed by atoms with Crippen molar-refractivity contribution in [2.75, 3.05) is 12.4 Å².